The Hall–Kier alpha value is -2.45. The number of hydrogen-bond donors (Lipinski definition) is 0. The summed E-state index contributed by atoms with van der Waals surface area (Å²) in [6.07, 6.45) is 4.97. The number of esters is 1. The van der Waals surface area contributed by atoms with E-state index in [1.165, 1.54) is 10.4 Å². The molecule has 8 heteroatoms. The zero-order chi connectivity index (χ0) is 22.0. The standard InChI is InChI=1S/C23H25N3O3S2/c1-14-15(2)31-22-20(14)21(24-13-25-22)26-10-8-17(9-11-26)23(28)29-12-19(27)16-4-6-18(30-3)7-5-16/h4-7,13,17H,8-12H2,1-3H3. The van der Waals surface area contributed by atoms with Gasteiger partial charge in [-0.3, -0.25) is 9.59 Å². The number of ketones is 1. The number of anilines is 1. The molecule has 2 aromatic heterocycles. The quantitative estimate of drug-likeness (QED) is 0.304. The number of thioether (sulfide) groups is 1. The molecule has 0 saturated carbocycles. The number of hydrogen-bond acceptors (Lipinski definition) is 8. The Labute approximate surface area is 190 Å². The first-order valence-corrected chi connectivity index (χ1v) is 12.3. The van der Waals surface area contributed by atoms with E-state index in [4.69, 9.17) is 4.74 Å². The lowest BCUT2D eigenvalue weighted by molar-refractivity contribution is -0.148. The Morgan fingerprint density at radius 2 is 1.87 bits per heavy atom. The van der Waals surface area contributed by atoms with Crippen molar-refractivity contribution in [2.45, 2.75) is 31.6 Å². The summed E-state index contributed by atoms with van der Waals surface area (Å²) in [6, 6.07) is 7.35. The molecule has 4 rings (SSSR count). The van der Waals surface area contributed by atoms with Gasteiger partial charge in [0.2, 0.25) is 0 Å². The van der Waals surface area contributed by atoms with Crippen LogP contribution in [0, 0.1) is 19.8 Å². The van der Waals surface area contributed by atoms with Crippen LogP contribution in [0.4, 0.5) is 5.82 Å². The smallest absolute Gasteiger partial charge is 0.309 e. The van der Waals surface area contributed by atoms with Gasteiger partial charge in [0.1, 0.15) is 17.0 Å². The van der Waals surface area contributed by atoms with Crippen molar-refractivity contribution in [1.29, 1.82) is 0 Å². The number of Topliss-reactive ketones (excluding diaryl/α,β-unsaturated/α-hetero) is 1. The number of aryl methyl sites for hydroxylation is 2. The molecule has 6 nitrogen and oxygen atoms in total. The van der Waals surface area contributed by atoms with Gasteiger partial charge in [-0.25, -0.2) is 9.97 Å². The fraction of sp³-hybridized carbons (Fsp3) is 0.391. The number of aromatic nitrogens is 2. The van der Waals surface area contributed by atoms with E-state index in [1.54, 1.807) is 41.6 Å². The van der Waals surface area contributed by atoms with Crippen LogP contribution in [0.3, 0.4) is 0 Å². The number of thiophene rings is 1. The average molecular weight is 456 g/mol. The summed E-state index contributed by atoms with van der Waals surface area (Å²) in [7, 11) is 0. The Morgan fingerprint density at radius 3 is 2.55 bits per heavy atom. The van der Waals surface area contributed by atoms with E-state index in [-0.39, 0.29) is 24.3 Å². The molecule has 31 heavy (non-hydrogen) atoms. The minimum Gasteiger partial charge on any atom is -0.457 e. The molecule has 0 atom stereocenters. The third kappa shape index (κ3) is 4.60. The number of benzene rings is 1. The Bertz CT molecular complexity index is 1100. The van der Waals surface area contributed by atoms with Gasteiger partial charge in [-0.1, -0.05) is 12.1 Å². The first kappa shape index (κ1) is 21.8. The Kier molecular flexibility index (Phi) is 6.57. The largest absolute Gasteiger partial charge is 0.457 e. The maximum absolute atomic E-state index is 12.5. The van der Waals surface area contributed by atoms with E-state index in [0.29, 0.717) is 18.4 Å². The van der Waals surface area contributed by atoms with Gasteiger partial charge in [0.15, 0.2) is 12.4 Å². The molecule has 162 valence electrons. The van der Waals surface area contributed by atoms with Crippen molar-refractivity contribution in [3.05, 3.63) is 46.6 Å². The van der Waals surface area contributed by atoms with E-state index >= 15 is 0 Å². The SMILES string of the molecule is CSc1ccc(C(=O)COC(=O)C2CCN(c3ncnc4sc(C)c(C)c34)CC2)cc1. The number of carbonyl (C=O) groups excluding carboxylic acids is 2. The second-order valence-electron chi connectivity index (χ2n) is 7.68. The molecule has 0 radical (unpaired) electrons. The lowest BCUT2D eigenvalue weighted by Gasteiger charge is -2.32. The molecular formula is C23H25N3O3S2. The van der Waals surface area contributed by atoms with Gasteiger partial charge in [0, 0.05) is 28.4 Å². The summed E-state index contributed by atoms with van der Waals surface area (Å²) < 4.78 is 5.35. The third-order valence-electron chi connectivity index (χ3n) is 5.83. The van der Waals surface area contributed by atoms with E-state index in [1.807, 2.05) is 18.4 Å². The lowest BCUT2D eigenvalue weighted by atomic mass is 9.96. The van der Waals surface area contributed by atoms with Crippen LogP contribution in [0.5, 0.6) is 0 Å². The molecule has 0 N–H and O–H groups in total. The van der Waals surface area contributed by atoms with Crippen molar-refractivity contribution < 1.29 is 14.3 Å². The Morgan fingerprint density at radius 1 is 1.16 bits per heavy atom. The summed E-state index contributed by atoms with van der Waals surface area (Å²) in [5.41, 5.74) is 1.79. The predicted molar refractivity (Wildman–Crippen MR) is 125 cm³/mol. The number of fused-ring (bicyclic) bond motifs is 1. The topological polar surface area (TPSA) is 72.4 Å². The molecule has 0 amide bonds. The molecule has 1 saturated heterocycles. The second-order valence-corrected chi connectivity index (χ2v) is 9.76. The molecule has 3 aromatic rings. The van der Waals surface area contributed by atoms with Crippen LogP contribution in [-0.4, -0.2) is 47.7 Å². The van der Waals surface area contributed by atoms with Crippen molar-refractivity contribution in [2.24, 2.45) is 5.92 Å². The number of piperidine rings is 1. The molecule has 0 unspecified atom stereocenters. The van der Waals surface area contributed by atoms with Crippen molar-refractivity contribution in [2.75, 3.05) is 30.9 Å². The van der Waals surface area contributed by atoms with Gasteiger partial charge in [0.05, 0.1) is 11.3 Å². The molecule has 1 aromatic carbocycles. The summed E-state index contributed by atoms with van der Waals surface area (Å²) in [5, 5.41) is 1.11. The monoisotopic (exact) mass is 455 g/mol. The van der Waals surface area contributed by atoms with Crippen LogP contribution in [0.2, 0.25) is 0 Å². The van der Waals surface area contributed by atoms with Gasteiger partial charge in [-0.05, 0) is 50.6 Å². The first-order valence-electron chi connectivity index (χ1n) is 10.3. The van der Waals surface area contributed by atoms with Crippen LogP contribution >= 0.6 is 23.1 Å². The van der Waals surface area contributed by atoms with Crippen LogP contribution in [0.15, 0.2) is 35.5 Å². The van der Waals surface area contributed by atoms with Crippen LogP contribution < -0.4 is 4.90 Å². The molecule has 0 aliphatic carbocycles. The van der Waals surface area contributed by atoms with Crippen molar-refractivity contribution in [3.63, 3.8) is 0 Å². The molecule has 0 bridgehead atoms. The second kappa shape index (κ2) is 9.36. The first-order chi connectivity index (χ1) is 15.0. The molecule has 3 heterocycles. The fourth-order valence-corrected chi connectivity index (χ4v) is 5.25. The maximum Gasteiger partial charge on any atom is 0.309 e. The predicted octanol–water partition coefficient (Wildman–Crippen LogP) is 4.67. The van der Waals surface area contributed by atoms with Gasteiger partial charge in [-0.15, -0.1) is 23.1 Å². The summed E-state index contributed by atoms with van der Waals surface area (Å²) in [5.74, 6) is 0.294. The highest BCUT2D eigenvalue weighted by Gasteiger charge is 2.28. The summed E-state index contributed by atoms with van der Waals surface area (Å²) in [4.78, 5) is 39.4. The lowest BCUT2D eigenvalue weighted by Crippen LogP contribution is -2.37. The molecule has 1 fully saturated rings. The summed E-state index contributed by atoms with van der Waals surface area (Å²) >= 11 is 3.31. The van der Waals surface area contributed by atoms with Gasteiger partial charge >= 0.3 is 5.97 Å². The number of rotatable bonds is 6. The molecule has 0 spiro atoms. The summed E-state index contributed by atoms with van der Waals surface area (Å²) in [6.45, 7) is 5.45. The van der Waals surface area contributed by atoms with E-state index in [2.05, 4.69) is 28.7 Å². The number of carbonyl (C=O) groups is 2. The average Bonchev–Trinajstić information content (AvgIpc) is 3.11. The van der Waals surface area contributed by atoms with Crippen LogP contribution in [-0.2, 0) is 9.53 Å². The van der Waals surface area contributed by atoms with Gasteiger partial charge in [0.25, 0.3) is 0 Å². The Balaban J connectivity index is 1.33. The van der Waals surface area contributed by atoms with Gasteiger partial charge < -0.3 is 9.64 Å². The normalized spacial score (nSPS) is 14.7. The van der Waals surface area contributed by atoms with E-state index in [0.717, 1.165) is 34.0 Å². The number of nitrogens with zero attached hydrogens (tertiary/aromatic N) is 3. The highest BCUT2D eigenvalue weighted by Crippen LogP contribution is 2.35. The van der Waals surface area contributed by atoms with Crippen molar-refractivity contribution in [1.82, 2.24) is 9.97 Å². The molecular weight excluding hydrogens is 430 g/mol. The van der Waals surface area contributed by atoms with E-state index < -0.39 is 0 Å². The van der Waals surface area contributed by atoms with Crippen LogP contribution in [0.1, 0.15) is 33.6 Å². The molecule has 1 aliphatic heterocycles. The minimum absolute atomic E-state index is 0.176. The third-order valence-corrected chi connectivity index (χ3v) is 7.69. The number of ether oxygens (including phenoxy) is 1. The maximum atomic E-state index is 12.5. The fourth-order valence-electron chi connectivity index (χ4n) is 3.85. The van der Waals surface area contributed by atoms with Gasteiger partial charge in [-0.2, -0.15) is 0 Å². The highest BCUT2D eigenvalue weighted by molar-refractivity contribution is 7.98. The van der Waals surface area contributed by atoms with E-state index in [9.17, 15) is 9.59 Å². The highest BCUT2D eigenvalue weighted by atomic mass is 32.2. The molecule has 1 aliphatic rings. The minimum atomic E-state index is -0.288. The zero-order valence-corrected chi connectivity index (χ0v) is 19.5. The zero-order valence-electron chi connectivity index (χ0n) is 17.9. The van der Waals surface area contributed by atoms with Crippen molar-refractivity contribution >= 4 is 50.9 Å². The van der Waals surface area contributed by atoms with Crippen molar-refractivity contribution in [3.8, 4) is 0 Å². The van der Waals surface area contributed by atoms with Crippen LogP contribution in [0.25, 0.3) is 10.2 Å².